The standard InChI is InChI=1S/C22H24N4O2S/c1-28-17-6-4-16(5-7-17)18-15-23-21-22(24-10-13-26(18)21)8-11-25(12-9-22)20(27)19-3-2-14-29-19/h2-7,14-15,24H,8-13H2,1H3. The maximum Gasteiger partial charge on any atom is 0.263 e. The van der Waals surface area contributed by atoms with E-state index in [1.54, 1.807) is 7.11 Å². The van der Waals surface area contributed by atoms with Gasteiger partial charge >= 0.3 is 0 Å². The van der Waals surface area contributed by atoms with Crippen LogP contribution in [0.4, 0.5) is 0 Å². The largest absolute Gasteiger partial charge is 0.497 e. The van der Waals surface area contributed by atoms with Gasteiger partial charge < -0.3 is 19.5 Å². The smallest absolute Gasteiger partial charge is 0.263 e. The molecule has 0 radical (unpaired) electrons. The zero-order valence-electron chi connectivity index (χ0n) is 16.4. The van der Waals surface area contributed by atoms with Crippen LogP contribution in [0.5, 0.6) is 5.75 Å². The minimum atomic E-state index is -0.158. The number of piperidine rings is 1. The highest BCUT2D eigenvalue weighted by atomic mass is 32.1. The Morgan fingerprint density at radius 1 is 1.17 bits per heavy atom. The SMILES string of the molecule is COc1ccc(-c2cnc3n2CCNC32CCN(C(=O)c3cccs3)CC2)cc1. The van der Waals surface area contributed by atoms with Gasteiger partial charge in [0.15, 0.2) is 0 Å². The van der Waals surface area contributed by atoms with Crippen molar-refractivity contribution in [2.45, 2.75) is 24.9 Å². The van der Waals surface area contributed by atoms with E-state index in [0.29, 0.717) is 0 Å². The summed E-state index contributed by atoms with van der Waals surface area (Å²) in [5.74, 6) is 2.10. The van der Waals surface area contributed by atoms with Gasteiger partial charge in [-0.2, -0.15) is 0 Å². The van der Waals surface area contributed by atoms with Gasteiger partial charge in [0.2, 0.25) is 0 Å². The Bertz CT molecular complexity index is 1000. The highest BCUT2D eigenvalue weighted by Crippen LogP contribution is 2.37. The molecule has 29 heavy (non-hydrogen) atoms. The van der Waals surface area contributed by atoms with Crippen molar-refractivity contribution in [3.05, 3.63) is 58.7 Å². The van der Waals surface area contributed by atoms with Crippen LogP contribution < -0.4 is 10.1 Å². The molecule has 1 spiro atoms. The summed E-state index contributed by atoms with van der Waals surface area (Å²) in [5, 5.41) is 5.69. The van der Waals surface area contributed by atoms with Crippen molar-refractivity contribution in [3.8, 4) is 17.0 Å². The number of thiophene rings is 1. The van der Waals surface area contributed by atoms with Crippen LogP contribution in [0.3, 0.4) is 0 Å². The number of nitrogens with one attached hydrogen (secondary N) is 1. The molecule has 150 valence electrons. The maximum atomic E-state index is 12.7. The molecule has 2 aliphatic heterocycles. The maximum absolute atomic E-state index is 12.7. The third-order valence-corrected chi connectivity index (χ3v) is 6.96. The summed E-state index contributed by atoms with van der Waals surface area (Å²) >= 11 is 1.51. The van der Waals surface area contributed by atoms with Gasteiger partial charge in [0.1, 0.15) is 11.6 Å². The second kappa shape index (κ2) is 7.31. The van der Waals surface area contributed by atoms with Crippen molar-refractivity contribution in [2.75, 3.05) is 26.7 Å². The van der Waals surface area contributed by atoms with E-state index in [9.17, 15) is 4.79 Å². The lowest BCUT2D eigenvalue weighted by Gasteiger charge is -2.44. The number of rotatable bonds is 3. The predicted octanol–water partition coefficient (Wildman–Crippen LogP) is 3.35. The first-order chi connectivity index (χ1) is 14.2. The van der Waals surface area contributed by atoms with E-state index in [-0.39, 0.29) is 11.4 Å². The Morgan fingerprint density at radius 3 is 2.66 bits per heavy atom. The van der Waals surface area contributed by atoms with Crippen molar-refractivity contribution < 1.29 is 9.53 Å². The van der Waals surface area contributed by atoms with Crippen LogP contribution in [0.15, 0.2) is 48.0 Å². The van der Waals surface area contributed by atoms with E-state index in [4.69, 9.17) is 9.72 Å². The normalized spacial score (nSPS) is 17.9. The molecule has 1 fully saturated rings. The van der Waals surface area contributed by atoms with E-state index in [2.05, 4.69) is 22.0 Å². The quantitative estimate of drug-likeness (QED) is 0.722. The molecular formula is C22H24N4O2S. The fourth-order valence-electron chi connectivity index (χ4n) is 4.51. The molecule has 1 saturated heterocycles. The molecule has 2 aromatic heterocycles. The molecule has 4 heterocycles. The third-order valence-electron chi connectivity index (χ3n) is 6.10. The molecule has 0 bridgehead atoms. The van der Waals surface area contributed by atoms with E-state index in [1.165, 1.54) is 11.3 Å². The first kappa shape index (κ1) is 18.4. The van der Waals surface area contributed by atoms with Gasteiger partial charge in [-0.15, -0.1) is 11.3 Å². The molecule has 5 rings (SSSR count). The molecule has 6 nitrogen and oxygen atoms in total. The molecule has 0 unspecified atom stereocenters. The Morgan fingerprint density at radius 2 is 1.97 bits per heavy atom. The number of methoxy groups -OCH3 is 1. The number of hydrogen-bond acceptors (Lipinski definition) is 5. The lowest BCUT2D eigenvalue weighted by Crippen LogP contribution is -2.56. The van der Waals surface area contributed by atoms with Gasteiger partial charge in [-0.25, -0.2) is 4.98 Å². The van der Waals surface area contributed by atoms with Crippen LogP contribution in [0, 0.1) is 0 Å². The third kappa shape index (κ3) is 3.14. The molecule has 0 saturated carbocycles. The van der Waals surface area contributed by atoms with E-state index < -0.39 is 0 Å². The van der Waals surface area contributed by atoms with Gasteiger partial charge in [-0.1, -0.05) is 6.07 Å². The van der Waals surface area contributed by atoms with Crippen LogP contribution in [0.2, 0.25) is 0 Å². The Balaban J connectivity index is 1.39. The van der Waals surface area contributed by atoms with Gasteiger partial charge in [0.05, 0.1) is 29.4 Å². The number of fused-ring (bicyclic) bond motifs is 2. The van der Waals surface area contributed by atoms with Crippen molar-refractivity contribution in [1.29, 1.82) is 0 Å². The minimum Gasteiger partial charge on any atom is -0.497 e. The van der Waals surface area contributed by atoms with Crippen LogP contribution >= 0.6 is 11.3 Å². The zero-order chi connectivity index (χ0) is 19.8. The van der Waals surface area contributed by atoms with Crippen molar-refractivity contribution in [1.82, 2.24) is 19.8 Å². The second-order valence-electron chi connectivity index (χ2n) is 7.63. The molecule has 0 atom stereocenters. The fourth-order valence-corrected chi connectivity index (χ4v) is 5.20. The van der Waals surface area contributed by atoms with Gasteiger partial charge in [0, 0.05) is 31.7 Å². The summed E-state index contributed by atoms with van der Waals surface area (Å²) in [4.78, 5) is 20.3. The molecule has 1 amide bonds. The zero-order valence-corrected chi connectivity index (χ0v) is 17.2. The average molecular weight is 409 g/mol. The number of benzene rings is 1. The Hall–Kier alpha value is -2.64. The monoisotopic (exact) mass is 408 g/mol. The van der Waals surface area contributed by atoms with Crippen LogP contribution in [-0.2, 0) is 12.1 Å². The Labute approximate surface area is 174 Å². The number of likely N-dealkylation sites (tertiary alicyclic amines) is 1. The number of aromatic nitrogens is 2. The molecule has 1 aromatic carbocycles. The average Bonchev–Trinajstić information content (AvgIpc) is 3.45. The summed E-state index contributed by atoms with van der Waals surface area (Å²) < 4.78 is 7.62. The van der Waals surface area contributed by atoms with E-state index in [0.717, 1.165) is 66.7 Å². The minimum absolute atomic E-state index is 0.146. The summed E-state index contributed by atoms with van der Waals surface area (Å²) in [6.45, 7) is 3.30. The highest BCUT2D eigenvalue weighted by Gasteiger charge is 2.42. The van der Waals surface area contributed by atoms with Gasteiger partial charge in [-0.05, 0) is 48.6 Å². The number of carbonyl (C=O) groups is 1. The molecular weight excluding hydrogens is 384 g/mol. The van der Waals surface area contributed by atoms with Crippen molar-refractivity contribution in [3.63, 3.8) is 0 Å². The predicted molar refractivity (Wildman–Crippen MR) is 113 cm³/mol. The highest BCUT2D eigenvalue weighted by molar-refractivity contribution is 7.12. The van der Waals surface area contributed by atoms with Crippen LogP contribution in [0.25, 0.3) is 11.3 Å². The molecule has 2 aliphatic rings. The topological polar surface area (TPSA) is 59.4 Å². The summed E-state index contributed by atoms with van der Waals surface area (Å²) in [6, 6.07) is 12.0. The van der Waals surface area contributed by atoms with E-state index in [1.807, 2.05) is 40.7 Å². The molecule has 0 aliphatic carbocycles. The summed E-state index contributed by atoms with van der Waals surface area (Å²) in [5.41, 5.74) is 2.13. The first-order valence-electron chi connectivity index (χ1n) is 9.98. The first-order valence-corrected chi connectivity index (χ1v) is 10.9. The second-order valence-corrected chi connectivity index (χ2v) is 8.57. The molecule has 7 heteroatoms. The van der Waals surface area contributed by atoms with Crippen molar-refractivity contribution in [2.24, 2.45) is 0 Å². The fraction of sp³-hybridized carbons (Fsp3) is 0.364. The van der Waals surface area contributed by atoms with E-state index >= 15 is 0 Å². The van der Waals surface area contributed by atoms with Gasteiger partial charge in [0.25, 0.3) is 5.91 Å². The van der Waals surface area contributed by atoms with Crippen LogP contribution in [0.1, 0.15) is 28.3 Å². The number of imidazole rings is 1. The number of carbonyl (C=O) groups excluding carboxylic acids is 1. The lowest BCUT2D eigenvalue weighted by atomic mass is 9.85. The number of nitrogens with zero attached hydrogens (tertiary/aromatic N) is 3. The molecule has 1 N–H and O–H groups in total. The number of ether oxygens (including phenoxy) is 1. The lowest BCUT2D eigenvalue weighted by molar-refractivity contribution is 0.0611. The number of amides is 1. The van der Waals surface area contributed by atoms with Crippen molar-refractivity contribution >= 4 is 17.2 Å². The molecule has 3 aromatic rings. The Kier molecular flexibility index (Phi) is 4.64. The van der Waals surface area contributed by atoms with Crippen LogP contribution in [-0.4, -0.2) is 47.1 Å². The summed E-state index contributed by atoms with van der Waals surface area (Å²) in [7, 11) is 1.68. The van der Waals surface area contributed by atoms with Gasteiger partial charge in [-0.3, -0.25) is 4.79 Å². The summed E-state index contributed by atoms with van der Waals surface area (Å²) in [6.07, 6.45) is 3.74. The number of hydrogen-bond donors (Lipinski definition) is 1.